The van der Waals surface area contributed by atoms with E-state index in [1.165, 1.54) is 71.3 Å². The zero-order valence-corrected chi connectivity index (χ0v) is 31.0. The molecule has 0 bridgehead atoms. The molecule has 56 heavy (non-hydrogen) atoms. The third-order valence-electron chi connectivity index (χ3n) is 11.1. The standard InChI is InChI=1S/C55H38O/c1-37-17-4-3-13-34-56-55-44(37)30-16-31-47(55)41-22-15-24-43(36-41)54-50-28-11-9-26-48(50)53(49-27-10-12-29-51(49)54)42-23-14-21-40(35-42)46-33-32-38-18-7-8-25-45(38)52(46)39-19-5-2-6-20-39/h2-33,35-36H,1,34H2/b13-3-,17-4-. The maximum atomic E-state index is 6.42. The fourth-order valence-corrected chi connectivity index (χ4v) is 8.56. The van der Waals surface area contributed by atoms with Crippen LogP contribution in [0.3, 0.4) is 0 Å². The molecule has 0 amide bonds. The van der Waals surface area contributed by atoms with Gasteiger partial charge in [0.25, 0.3) is 0 Å². The zero-order chi connectivity index (χ0) is 37.4. The Balaban J connectivity index is 1.16. The first-order valence-electron chi connectivity index (χ1n) is 19.2. The molecule has 0 aliphatic carbocycles. The molecule has 0 spiro atoms. The molecule has 0 saturated heterocycles. The van der Waals surface area contributed by atoms with Gasteiger partial charge in [-0.25, -0.2) is 0 Å². The predicted octanol–water partition coefficient (Wildman–Crippen LogP) is 15.0. The van der Waals surface area contributed by atoms with E-state index in [9.17, 15) is 0 Å². The second kappa shape index (κ2) is 14.2. The molecule has 10 rings (SSSR count). The minimum atomic E-state index is 0.494. The Labute approximate surface area is 327 Å². The van der Waals surface area contributed by atoms with Crippen molar-refractivity contribution in [1.82, 2.24) is 0 Å². The van der Waals surface area contributed by atoms with E-state index in [0.29, 0.717) is 6.61 Å². The van der Waals surface area contributed by atoms with E-state index in [-0.39, 0.29) is 0 Å². The van der Waals surface area contributed by atoms with E-state index in [4.69, 9.17) is 4.74 Å². The third-order valence-corrected chi connectivity index (χ3v) is 11.1. The average Bonchev–Trinajstić information content (AvgIpc) is 3.35. The van der Waals surface area contributed by atoms with Crippen LogP contribution < -0.4 is 4.74 Å². The summed E-state index contributed by atoms with van der Waals surface area (Å²) in [6.07, 6.45) is 8.11. The Morgan fingerprint density at radius 2 is 0.893 bits per heavy atom. The minimum Gasteiger partial charge on any atom is -0.488 e. The lowest BCUT2D eigenvalue weighted by molar-refractivity contribution is 0.363. The number of benzene rings is 9. The van der Waals surface area contributed by atoms with Gasteiger partial charge in [0.05, 0.1) is 0 Å². The van der Waals surface area contributed by atoms with Crippen molar-refractivity contribution in [1.29, 1.82) is 0 Å². The highest BCUT2D eigenvalue weighted by atomic mass is 16.5. The van der Waals surface area contributed by atoms with Crippen LogP contribution in [0.5, 0.6) is 5.75 Å². The Bertz CT molecular complexity index is 2980. The largest absolute Gasteiger partial charge is 0.488 e. The highest BCUT2D eigenvalue weighted by Crippen LogP contribution is 2.46. The zero-order valence-electron chi connectivity index (χ0n) is 31.0. The summed E-state index contributed by atoms with van der Waals surface area (Å²) in [5.74, 6) is 0.859. The van der Waals surface area contributed by atoms with Gasteiger partial charge in [0.1, 0.15) is 12.4 Å². The van der Waals surface area contributed by atoms with Crippen LogP contribution in [0.1, 0.15) is 5.56 Å². The van der Waals surface area contributed by atoms with Crippen LogP contribution in [0.2, 0.25) is 0 Å². The van der Waals surface area contributed by atoms with Crippen LogP contribution >= 0.6 is 0 Å². The van der Waals surface area contributed by atoms with E-state index in [1.807, 2.05) is 24.3 Å². The maximum Gasteiger partial charge on any atom is 0.135 e. The highest BCUT2D eigenvalue weighted by molar-refractivity contribution is 6.21. The second-order valence-electron chi connectivity index (χ2n) is 14.4. The molecule has 0 atom stereocenters. The minimum absolute atomic E-state index is 0.494. The normalized spacial score (nSPS) is 13.8. The summed E-state index contributed by atoms with van der Waals surface area (Å²) in [6.45, 7) is 4.85. The van der Waals surface area contributed by atoms with E-state index < -0.39 is 0 Å². The second-order valence-corrected chi connectivity index (χ2v) is 14.4. The summed E-state index contributed by atoms with van der Waals surface area (Å²) in [5.41, 5.74) is 13.8. The van der Waals surface area contributed by atoms with Gasteiger partial charge >= 0.3 is 0 Å². The van der Waals surface area contributed by atoms with Crippen LogP contribution in [-0.4, -0.2) is 6.61 Å². The Kier molecular flexibility index (Phi) is 8.46. The fraction of sp³-hybridized carbons (Fsp3) is 0.0182. The van der Waals surface area contributed by atoms with Crippen LogP contribution in [-0.2, 0) is 0 Å². The number of allylic oxidation sites excluding steroid dienone is 4. The molecule has 0 N–H and O–H groups in total. The maximum absolute atomic E-state index is 6.42. The summed E-state index contributed by atoms with van der Waals surface area (Å²) >= 11 is 0. The fourth-order valence-electron chi connectivity index (χ4n) is 8.56. The van der Waals surface area contributed by atoms with Crippen molar-refractivity contribution in [2.45, 2.75) is 0 Å². The van der Waals surface area contributed by atoms with Gasteiger partial charge in [-0.3, -0.25) is 0 Å². The van der Waals surface area contributed by atoms with Crippen molar-refractivity contribution >= 4 is 37.9 Å². The van der Waals surface area contributed by atoms with Crippen LogP contribution in [0.4, 0.5) is 0 Å². The monoisotopic (exact) mass is 714 g/mol. The molecule has 1 aliphatic heterocycles. The molecular weight excluding hydrogens is 677 g/mol. The van der Waals surface area contributed by atoms with E-state index in [1.54, 1.807) is 0 Å². The van der Waals surface area contributed by atoms with E-state index in [0.717, 1.165) is 33.6 Å². The van der Waals surface area contributed by atoms with Crippen molar-refractivity contribution in [3.8, 4) is 61.4 Å². The topological polar surface area (TPSA) is 9.23 Å². The van der Waals surface area contributed by atoms with Crippen LogP contribution in [0.15, 0.2) is 213 Å². The molecule has 0 radical (unpaired) electrons. The Morgan fingerprint density at radius 1 is 0.375 bits per heavy atom. The van der Waals surface area contributed by atoms with Gasteiger partial charge in [0.2, 0.25) is 0 Å². The first-order valence-corrected chi connectivity index (χ1v) is 19.2. The summed E-state index contributed by atoms with van der Waals surface area (Å²) in [4.78, 5) is 0. The quantitative estimate of drug-likeness (QED) is 0.161. The Morgan fingerprint density at radius 3 is 1.55 bits per heavy atom. The molecule has 264 valence electrons. The number of hydrogen-bond donors (Lipinski definition) is 0. The summed E-state index contributed by atoms with van der Waals surface area (Å²) in [5, 5.41) is 7.39. The molecule has 9 aromatic carbocycles. The summed E-state index contributed by atoms with van der Waals surface area (Å²) < 4.78 is 6.42. The average molecular weight is 715 g/mol. The number of hydrogen-bond acceptors (Lipinski definition) is 1. The molecular formula is C55H38O. The van der Waals surface area contributed by atoms with Gasteiger partial charge < -0.3 is 4.74 Å². The van der Waals surface area contributed by atoms with Crippen molar-refractivity contribution in [3.05, 3.63) is 218 Å². The van der Waals surface area contributed by atoms with Gasteiger partial charge in [-0.05, 0) is 106 Å². The molecule has 1 nitrogen and oxygen atoms in total. The molecule has 0 aromatic heterocycles. The van der Waals surface area contributed by atoms with Gasteiger partial charge in [-0.15, -0.1) is 0 Å². The lowest BCUT2D eigenvalue weighted by Crippen LogP contribution is -1.99. The first kappa shape index (κ1) is 33.4. The first-order chi connectivity index (χ1) is 27.7. The van der Waals surface area contributed by atoms with Gasteiger partial charge in [0, 0.05) is 11.1 Å². The molecule has 1 heterocycles. The number of para-hydroxylation sites is 1. The summed E-state index contributed by atoms with van der Waals surface area (Å²) in [6, 6.07) is 66.2. The highest BCUT2D eigenvalue weighted by Gasteiger charge is 2.20. The predicted molar refractivity (Wildman–Crippen MR) is 239 cm³/mol. The molecule has 9 aromatic rings. The molecule has 0 unspecified atom stereocenters. The number of ether oxygens (including phenoxy) is 1. The molecule has 0 fully saturated rings. The number of rotatable bonds is 5. The van der Waals surface area contributed by atoms with Crippen molar-refractivity contribution in [3.63, 3.8) is 0 Å². The van der Waals surface area contributed by atoms with Gasteiger partial charge in [0.15, 0.2) is 0 Å². The van der Waals surface area contributed by atoms with Crippen LogP contribution in [0, 0.1) is 0 Å². The lowest BCUT2D eigenvalue weighted by Gasteiger charge is -2.20. The smallest absolute Gasteiger partial charge is 0.135 e. The van der Waals surface area contributed by atoms with Crippen molar-refractivity contribution in [2.24, 2.45) is 0 Å². The van der Waals surface area contributed by atoms with Gasteiger partial charge in [-0.1, -0.05) is 195 Å². The van der Waals surface area contributed by atoms with Crippen molar-refractivity contribution in [2.75, 3.05) is 6.61 Å². The molecule has 0 saturated carbocycles. The SMILES string of the molecule is C=C1/C=C\C=C/COc2c1cccc2-c1cccc(-c2c3ccccc3c(-c3cccc(-c4ccc5ccccc5c4-c4ccccc4)c3)c3ccccc23)c1. The summed E-state index contributed by atoms with van der Waals surface area (Å²) in [7, 11) is 0. The lowest BCUT2D eigenvalue weighted by atomic mass is 9.84. The molecule has 1 aliphatic rings. The number of fused-ring (bicyclic) bond motifs is 4. The van der Waals surface area contributed by atoms with Crippen LogP contribution in [0.25, 0.3) is 93.5 Å². The van der Waals surface area contributed by atoms with Gasteiger partial charge in [-0.2, -0.15) is 0 Å². The third kappa shape index (κ3) is 5.82. The van der Waals surface area contributed by atoms with Crippen molar-refractivity contribution < 1.29 is 4.74 Å². The Hall–Kier alpha value is -7.22. The molecule has 1 heteroatoms. The van der Waals surface area contributed by atoms with E-state index in [2.05, 4.69) is 189 Å². The van der Waals surface area contributed by atoms with E-state index >= 15 is 0 Å².